The van der Waals surface area contributed by atoms with Gasteiger partial charge in [-0.25, -0.2) is 8.42 Å². The van der Waals surface area contributed by atoms with Gasteiger partial charge in [0, 0.05) is 19.2 Å². The van der Waals surface area contributed by atoms with E-state index in [1.54, 1.807) is 31.2 Å². The van der Waals surface area contributed by atoms with Crippen molar-refractivity contribution in [1.29, 1.82) is 0 Å². The molecule has 1 N–H and O–H groups in total. The number of likely N-dealkylation sites (tertiary alicyclic amines) is 1. The molecule has 1 saturated heterocycles. The van der Waals surface area contributed by atoms with Crippen molar-refractivity contribution in [3.05, 3.63) is 59.7 Å². The van der Waals surface area contributed by atoms with Crippen molar-refractivity contribution >= 4 is 21.6 Å². The molecule has 0 unspecified atom stereocenters. The highest BCUT2D eigenvalue weighted by Gasteiger charge is 2.29. The van der Waals surface area contributed by atoms with Crippen molar-refractivity contribution in [3.8, 4) is 5.75 Å². The van der Waals surface area contributed by atoms with Crippen molar-refractivity contribution in [2.75, 3.05) is 30.8 Å². The summed E-state index contributed by atoms with van der Waals surface area (Å²) >= 11 is 0. The van der Waals surface area contributed by atoms with Gasteiger partial charge in [-0.1, -0.05) is 36.8 Å². The van der Waals surface area contributed by atoms with Gasteiger partial charge in [0.25, 0.3) is 0 Å². The lowest BCUT2D eigenvalue weighted by atomic mass is 10.1. The molecule has 2 aromatic rings. The number of nitrogens with one attached hydrogen (secondary N) is 1. The highest BCUT2D eigenvalue weighted by atomic mass is 32.2. The monoisotopic (exact) mass is 459 g/mol. The summed E-state index contributed by atoms with van der Waals surface area (Å²) in [4.78, 5) is 15.3. The number of hydrogen-bond acceptors (Lipinski definition) is 5. The fourth-order valence-corrected chi connectivity index (χ4v) is 5.27. The van der Waals surface area contributed by atoms with Crippen molar-refractivity contribution in [1.82, 2.24) is 10.2 Å². The quantitative estimate of drug-likeness (QED) is 0.623. The van der Waals surface area contributed by atoms with Crippen LogP contribution in [0.25, 0.3) is 0 Å². The molecule has 8 heteroatoms. The number of anilines is 1. The van der Waals surface area contributed by atoms with E-state index in [0.717, 1.165) is 35.8 Å². The third-order valence-corrected chi connectivity index (χ3v) is 6.95. The first-order valence-corrected chi connectivity index (χ1v) is 12.8. The number of benzene rings is 2. The summed E-state index contributed by atoms with van der Waals surface area (Å²) in [6.07, 6.45) is 4.90. The average Bonchev–Trinajstić information content (AvgIpc) is 2.77. The van der Waals surface area contributed by atoms with Crippen molar-refractivity contribution in [2.45, 2.75) is 45.3 Å². The molecule has 1 fully saturated rings. The molecule has 3 rings (SSSR count). The number of piperidine rings is 1. The lowest BCUT2D eigenvalue weighted by Crippen LogP contribution is -2.47. The minimum Gasteiger partial charge on any atom is -0.497 e. The summed E-state index contributed by atoms with van der Waals surface area (Å²) in [5, 5.41) is 2.89. The maximum Gasteiger partial charge on any atom is 0.243 e. The van der Waals surface area contributed by atoms with Gasteiger partial charge in [0.1, 0.15) is 11.8 Å². The number of methoxy groups -OCH3 is 1. The number of amides is 1. The van der Waals surface area contributed by atoms with E-state index >= 15 is 0 Å². The molecule has 1 aliphatic rings. The number of rotatable bonds is 9. The zero-order valence-corrected chi connectivity index (χ0v) is 19.9. The fraction of sp³-hybridized carbons (Fsp3) is 0.458. The molecule has 1 atom stereocenters. The summed E-state index contributed by atoms with van der Waals surface area (Å²) in [6, 6.07) is 14.0. The molecule has 0 aliphatic carbocycles. The smallest absolute Gasteiger partial charge is 0.243 e. The fourth-order valence-electron chi connectivity index (χ4n) is 4.11. The third-order valence-electron chi connectivity index (χ3n) is 5.71. The molecule has 1 heterocycles. The Hall–Kier alpha value is -2.58. The minimum absolute atomic E-state index is 0.340. The number of sulfonamides is 1. The first-order chi connectivity index (χ1) is 15.3. The summed E-state index contributed by atoms with van der Waals surface area (Å²) in [5.74, 6) is 0.161. The molecule has 0 radical (unpaired) electrons. The van der Waals surface area contributed by atoms with E-state index in [2.05, 4.69) is 22.3 Å². The van der Waals surface area contributed by atoms with Crippen LogP contribution in [0.1, 0.15) is 37.3 Å². The number of carbonyl (C=O) groups is 1. The van der Waals surface area contributed by atoms with Gasteiger partial charge in [0.05, 0.1) is 19.1 Å². The Morgan fingerprint density at radius 1 is 1.09 bits per heavy atom. The van der Waals surface area contributed by atoms with Crippen LogP contribution in [0.15, 0.2) is 48.5 Å². The second-order valence-corrected chi connectivity index (χ2v) is 10.2. The van der Waals surface area contributed by atoms with Gasteiger partial charge in [0.2, 0.25) is 15.9 Å². The first-order valence-electron chi connectivity index (χ1n) is 11.0. The van der Waals surface area contributed by atoms with Crippen LogP contribution in [0.2, 0.25) is 0 Å². The van der Waals surface area contributed by atoms with E-state index in [9.17, 15) is 13.2 Å². The Kier molecular flexibility index (Phi) is 8.15. The van der Waals surface area contributed by atoms with Crippen LogP contribution in [0.4, 0.5) is 5.69 Å². The maximum atomic E-state index is 12.9. The van der Waals surface area contributed by atoms with E-state index in [4.69, 9.17) is 4.74 Å². The van der Waals surface area contributed by atoms with Crippen LogP contribution in [0.5, 0.6) is 5.75 Å². The lowest BCUT2D eigenvalue weighted by molar-refractivity contribution is -0.122. The van der Waals surface area contributed by atoms with E-state index in [1.165, 1.54) is 31.9 Å². The van der Waals surface area contributed by atoms with Gasteiger partial charge < -0.3 is 10.1 Å². The van der Waals surface area contributed by atoms with E-state index < -0.39 is 16.1 Å². The molecule has 32 heavy (non-hydrogen) atoms. The first kappa shape index (κ1) is 24.1. The SMILES string of the molecule is COc1cccc(N([C@H](C)C(=O)NCc2cccc(CN3CCCCC3)c2)S(C)(=O)=O)c1. The molecule has 0 aromatic heterocycles. The van der Waals surface area contributed by atoms with E-state index in [-0.39, 0.29) is 5.91 Å². The van der Waals surface area contributed by atoms with Gasteiger partial charge >= 0.3 is 0 Å². The Labute approximate surface area is 191 Å². The van der Waals surface area contributed by atoms with Crippen LogP contribution >= 0.6 is 0 Å². The van der Waals surface area contributed by atoms with Gasteiger partial charge in [-0.2, -0.15) is 0 Å². The molecule has 0 saturated carbocycles. The van der Waals surface area contributed by atoms with Crippen LogP contribution in [0, 0.1) is 0 Å². The molecule has 7 nitrogen and oxygen atoms in total. The molecular formula is C24H33N3O4S. The minimum atomic E-state index is -3.68. The molecular weight excluding hydrogens is 426 g/mol. The second-order valence-electron chi connectivity index (χ2n) is 8.31. The largest absolute Gasteiger partial charge is 0.497 e. The van der Waals surface area contributed by atoms with Crippen molar-refractivity contribution < 1.29 is 17.9 Å². The predicted octanol–water partition coefficient (Wildman–Crippen LogP) is 3.15. The van der Waals surface area contributed by atoms with Crippen molar-refractivity contribution in [3.63, 3.8) is 0 Å². The Morgan fingerprint density at radius 2 is 1.78 bits per heavy atom. The predicted molar refractivity (Wildman–Crippen MR) is 127 cm³/mol. The Balaban J connectivity index is 1.66. The normalized spacial score (nSPS) is 15.7. The van der Waals surface area contributed by atoms with Crippen molar-refractivity contribution in [2.24, 2.45) is 0 Å². The highest BCUT2D eigenvalue weighted by molar-refractivity contribution is 7.92. The maximum absolute atomic E-state index is 12.9. The molecule has 1 aliphatic heterocycles. The number of hydrogen-bond donors (Lipinski definition) is 1. The summed E-state index contributed by atoms with van der Waals surface area (Å²) in [5.41, 5.74) is 2.60. The summed E-state index contributed by atoms with van der Waals surface area (Å²) in [7, 11) is -2.17. The van der Waals surface area contributed by atoms with Gasteiger partial charge in [0.15, 0.2) is 0 Å². The second kappa shape index (κ2) is 10.8. The molecule has 0 spiro atoms. The van der Waals surface area contributed by atoms with Gasteiger partial charge in [-0.3, -0.25) is 14.0 Å². The number of ether oxygens (including phenoxy) is 1. The zero-order valence-electron chi connectivity index (χ0n) is 19.1. The van der Waals surface area contributed by atoms with E-state index in [1.807, 2.05) is 12.1 Å². The third kappa shape index (κ3) is 6.46. The Morgan fingerprint density at radius 3 is 2.47 bits per heavy atom. The molecule has 0 bridgehead atoms. The lowest BCUT2D eigenvalue weighted by Gasteiger charge is -2.28. The Bertz CT molecular complexity index is 1020. The van der Waals surface area contributed by atoms with Crippen LogP contribution < -0.4 is 14.4 Å². The highest BCUT2D eigenvalue weighted by Crippen LogP contribution is 2.25. The average molecular weight is 460 g/mol. The number of nitrogens with zero attached hydrogens (tertiary/aromatic N) is 2. The summed E-state index contributed by atoms with van der Waals surface area (Å²) < 4.78 is 31.3. The van der Waals surface area contributed by atoms with Crippen LogP contribution in [0.3, 0.4) is 0 Å². The van der Waals surface area contributed by atoms with E-state index in [0.29, 0.717) is 18.0 Å². The number of carbonyl (C=O) groups excluding carboxylic acids is 1. The summed E-state index contributed by atoms with van der Waals surface area (Å²) in [6.45, 7) is 5.10. The molecule has 2 aromatic carbocycles. The standard InChI is InChI=1S/C24H33N3O4S/c1-19(27(32(3,29)30)22-11-8-12-23(16-22)31-2)24(28)25-17-20-9-7-10-21(15-20)18-26-13-5-4-6-14-26/h7-12,15-16,19H,4-6,13-14,17-18H2,1-3H3,(H,25,28)/t19-/m1/s1. The van der Waals surface area contributed by atoms with Crippen LogP contribution in [-0.4, -0.2) is 51.7 Å². The van der Waals surface area contributed by atoms with Gasteiger partial charge in [-0.05, 0) is 56.1 Å². The van der Waals surface area contributed by atoms with Gasteiger partial charge in [-0.15, -0.1) is 0 Å². The molecule has 174 valence electrons. The topological polar surface area (TPSA) is 79.0 Å². The molecule has 1 amide bonds. The zero-order chi connectivity index (χ0) is 23.1. The van der Waals surface area contributed by atoms with Crippen LogP contribution in [-0.2, 0) is 27.9 Å².